The van der Waals surface area contributed by atoms with E-state index < -0.39 is 0 Å². The van der Waals surface area contributed by atoms with Crippen LogP contribution in [0.2, 0.25) is 0 Å². The molecule has 18 heavy (non-hydrogen) atoms. The zero-order valence-electron chi connectivity index (χ0n) is 10.7. The van der Waals surface area contributed by atoms with E-state index in [4.69, 9.17) is 0 Å². The maximum atomic E-state index is 4.43. The van der Waals surface area contributed by atoms with Crippen LogP contribution in [0.4, 0.5) is 0 Å². The summed E-state index contributed by atoms with van der Waals surface area (Å²) in [5, 5.41) is 5.50. The highest BCUT2D eigenvalue weighted by Crippen LogP contribution is 2.28. The van der Waals surface area contributed by atoms with Crippen molar-refractivity contribution < 1.29 is 0 Å². The van der Waals surface area contributed by atoms with Crippen molar-refractivity contribution in [3.8, 4) is 10.6 Å². The van der Waals surface area contributed by atoms with Gasteiger partial charge in [-0.25, -0.2) is 4.98 Å². The molecule has 0 aromatic carbocycles. The molecule has 0 saturated heterocycles. The van der Waals surface area contributed by atoms with Crippen LogP contribution >= 0.6 is 27.3 Å². The zero-order valence-corrected chi connectivity index (χ0v) is 13.1. The summed E-state index contributed by atoms with van der Waals surface area (Å²) in [4.78, 5) is 9.03. The molecule has 0 bridgehead atoms. The van der Waals surface area contributed by atoms with Crippen molar-refractivity contribution in [3.05, 3.63) is 27.9 Å². The molecule has 2 N–H and O–H groups in total. The molecule has 2 heterocycles. The van der Waals surface area contributed by atoms with E-state index in [1.807, 2.05) is 6.20 Å². The Bertz CT molecular complexity index is 490. The number of hydrogen-bond donors (Lipinski definition) is 2. The lowest BCUT2D eigenvalue weighted by Crippen LogP contribution is -2.24. The lowest BCUT2D eigenvalue weighted by Gasteiger charge is -2.06. The molecule has 2 rings (SSSR count). The molecule has 0 aliphatic rings. The molecule has 0 fully saturated rings. The van der Waals surface area contributed by atoms with E-state index in [2.05, 4.69) is 56.5 Å². The summed E-state index contributed by atoms with van der Waals surface area (Å²) in [6.07, 6.45) is 4.02. The van der Waals surface area contributed by atoms with Crippen LogP contribution in [-0.4, -0.2) is 22.6 Å². The van der Waals surface area contributed by atoms with Gasteiger partial charge in [0.15, 0.2) is 0 Å². The number of nitrogens with one attached hydrogen (secondary N) is 2. The minimum Gasteiger partial charge on any atom is -0.341 e. The van der Waals surface area contributed by atoms with Gasteiger partial charge >= 0.3 is 0 Å². The number of aromatic amines is 1. The lowest BCUT2D eigenvalue weighted by molar-refractivity contribution is 0.567. The average molecular weight is 328 g/mol. The van der Waals surface area contributed by atoms with Crippen molar-refractivity contribution in [1.82, 2.24) is 15.3 Å². The maximum absolute atomic E-state index is 4.43. The SMILES string of the molecule is CC(C)NCCCc1ncc(-c2cc(Br)cs2)[nH]1. The molecule has 2 aromatic rings. The third-order valence-corrected chi connectivity index (χ3v) is 4.33. The quantitative estimate of drug-likeness (QED) is 0.791. The molecular weight excluding hydrogens is 310 g/mol. The number of halogens is 1. The molecule has 2 aromatic heterocycles. The molecule has 0 amide bonds. The smallest absolute Gasteiger partial charge is 0.106 e. The Hall–Kier alpha value is -0.650. The second-order valence-electron chi connectivity index (χ2n) is 4.59. The molecule has 0 saturated carbocycles. The van der Waals surface area contributed by atoms with Crippen molar-refractivity contribution in [3.63, 3.8) is 0 Å². The Labute approximate surface area is 120 Å². The van der Waals surface area contributed by atoms with E-state index in [1.54, 1.807) is 11.3 Å². The third-order valence-electron chi connectivity index (χ3n) is 2.60. The van der Waals surface area contributed by atoms with Crippen LogP contribution in [0.3, 0.4) is 0 Å². The molecule has 0 radical (unpaired) electrons. The first-order valence-corrected chi connectivity index (χ1v) is 7.84. The van der Waals surface area contributed by atoms with Gasteiger partial charge in [-0.15, -0.1) is 11.3 Å². The summed E-state index contributed by atoms with van der Waals surface area (Å²) in [5.74, 6) is 1.07. The second kappa shape index (κ2) is 6.50. The predicted molar refractivity (Wildman–Crippen MR) is 81.1 cm³/mol. The summed E-state index contributed by atoms with van der Waals surface area (Å²) in [6.45, 7) is 5.37. The highest BCUT2D eigenvalue weighted by molar-refractivity contribution is 9.10. The molecule has 0 atom stereocenters. The Morgan fingerprint density at radius 1 is 1.50 bits per heavy atom. The van der Waals surface area contributed by atoms with Crippen LogP contribution in [0, 0.1) is 0 Å². The first-order chi connectivity index (χ1) is 8.65. The fraction of sp³-hybridized carbons (Fsp3) is 0.462. The molecule has 98 valence electrons. The Balaban J connectivity index is 1.86. The van der Waals surface area contributed by atoms with Crippen molar-refractivity contribution in [2.24, 2.45) is 0 Å². The molecule has 0 spiro atoms. The van der Waals surface area contributed by atoms with Gasteiger partial charge in [-0.1, -0.05) is 13.8 Å². The van der Waals surface area contributed by atoms with Crippen molar-refractivity contribution in [2.45, 2.75) is 32.7 Å². The fourth-order valence-corrected chi connectivity index (χ4v) is 3.11. The van der Waals surface area contributed by atoms with E-state index in [9.17, 15) is 0 Å². The second-order valence-corrected chi connectivity index (χ2v) is 6.41. The van der Waals surface area contributed by atoms with Gasteiger partial charge in [-0.3, -0.25) is 0 Å². The number of imidazole rings is 1. The van der Waals surface area contributed by atoms with E-state index in [0.29, 0.717) is 6.04 Å². The standard InChI is InChI=1S/C13H18BrN3S/c1-9(2)15-5-3-4-13-16-7-11(17-13)12-6-10(14)8-18-12/h6-9,15H,3-5H2,1-2H3,(H,16,17). The first-order valence-electron chi connectivity index (χ1n) is 6.17. The van der Waals surface area contributed by atoms with Crippen LogP contribution in [0.5, 0.6) is 0 Å². The monoisotopic (exact) mass is 327 g/mol. The van der Waals surface area contributed by atoms with Gasteiger partial charge in [-0.2, -0.15) is 0 Å². The van der Waals surface area contributed by atoms with E-state index in [1.165, 1.54) is 4.88 Å². The number of nitrogens with zero attached hydrogens (tertiary/aromatic N) is 1. The predicted octanol–water partition coefficient (Wildman–Crippen LogP) is 3.83. The topological polar surface area (TPSA) is 40.7 Å². The Morgan fingerprint density at radius 3 is 3.00 bits per heavy atom. The van der Waals surface area contributed by atoms with Gasteiger partial charge in [0.2, 0.25) is 0 Å². The number of aromatic nitrogens is 2. The van der Waals surface area contributed by atoms with E-state index >= 15 is 0 Å². The molecular formula is C13H18BrN3S. The molecule has 0 unspecified atom stereocenters. The summed E-state index contributed by atoms with van der Waals surface area (Å²) < 4.78 is 1.12. The number of thiophene rings is 1. The van der Waals surface area contributed by atoms with Crippen molar-refractivity contribution >= 4 is 27.3 Å². The number of rotatable bonds is 6. The Kier molecular flexibility index (Phi) is 4.97. The molecule has 5 heteroatoms. The number of hydrogen-bond acceptors (Lipinski definition) is 3. The van der Waals surface area contributed by atoms with Crippen LogP contribution < -0.4 is 5.32 Å². The first kappa shape index (κ1) is 13.8. The van der Waals surface area contributed by atoms with Gasteiger partial charge in [0.25, 0.3) is 0 Å². The molecule has 3 nitrogen and oxygen atoms in total. The highest BCUT2D eigenvalue weighted by Gasteiger charge is 2.05. The normalized spacial score (nSPS) is 11.3. The zero-order chi connectivity index (χ0) is 13.0. The van der Waals surface area contributed by atoms with Crippen molar-refractivity contribution in [1.29, 1.82) is 0 Å². The summed E-state index contributed by atoms with van der Waals surface area (Å²) in [5.41, 5.74) is 1.11. The molecule has 0 aliphatic carbocycles. The van der Waals surface area contributed by atoms with Crippen LogP contribution in [0.15, 0.2) is 22.1 Å². The van der Waals surface area contributed by atoms with E-state index in [0.717, 1.165) is 35.4 Å². The van der Waals surface area contributed by atoms with Gasteiger partial charge < -0.3 is 10.3 Å². The summed E-state index contributed by atoms with van der Waals surface area (Å²) >= 11 is 5.19. The van der Waals surface area contributed by atoms with Gasteiger partial charge in [0, 0.05) is 22.3 Å². The van der Waals surface area contributed by atoms with Crippen LogP contribution in [0.1, 0.15) is 26.1 Å². The highest BCUT2D eigenvalue weighted by atomic mass is 79.9. The van der Waals surface area contributed by atoms with Gasteiger partial charge in [0.05, 0.1) is 16.8 Å². The van der Waals surface area contributed by atoms with E-state index in [-0.39, 0.29) is 0 Å². The van der Waals surface area contributed by atoms with Crippen LogP contribution in [0.25, 0.3) is 10.6 Å². The minimum atomic E-state index is 0.556. The summed E-state index contributed by atoms with van der Waals surface area (Å²) in [6, 6.07) is 2.67. The Morgan fingerprint density at radius 2 is 2.33 bits per heavy atom. The van der Waals surface area contributed by atoms with Gasteiger partial charge in [0.1, 0.15) is 5.82 Å². The largest absolute Gasteiger partial charge is 0.341 e. The minimum absolute atomic E-state index is 0.556. The third kappa shape index (κ3) is 3.93. The number of aryl methyl sites for hydroxylation is 1. The maximum Gasteiger partial charge on any atom is 0.106 e. The lowest BCUT2D eigenvalue weighted by atomic mass is 10.3. The fourth-order valence-electron chi connectivity index (χ4n) is 1.72. The summed E-state index contributed by atoms with van der Waals surface area (Å²) in [7, 11) is 0. The number of H-pyrrole nitrogens is 1. The molecule has 0 aliphatic heterocycles. The average Bonchev–Trinajstić information content (AvgIpc) is 2.93. The van der Waals surface area contributed by atoms with Gasteiger partial charge in [-0.05, 0) is 35.0 Å². The van der Waals surface area contributed by atoms with Crippen LogP contribution in [-0.2, 0) is 6.42 Å². The van der Waals surface area contributed by atoms with Crippen molar-refractivity contribution in [2.75, 3.05) is 6.54 Å².